The zero-order valence-electron chi connectivity index (χ0n) is 18.7. The van der Waals surface area contributed by atoms with Gasteiger partial charge in [-0.15, -0.1) is 49.0 Å². The molecule has 4 heterocycles. The Morgan fingerprint density at radius 3 is 2.47 bits per heavy atom. The van der Waals surface area contributed by atoms with E-state index >= 15 is 0 Å². The number of rotatable bonds is 4. The van der Waals surface area contributed by atoms with Crippen LogP contribution in [0.1, 0.15) is 16.9 Å². The van der Waals surface area contributed by atoms with Gasteiger partial charge in [0.15, 0.2) is 0 Å². The summed E-state index contributed by atoms with van der Waals surface area (Å²) in [4.78, 5) is 35.7. The van der Waals surface area contributed by atoms with E-state index in [1.54, 1.807) is 0 Å². The highest BCUT2D eigenvalue weighted by molar-refractivity contribution is 7.99. The van der Waals surface area contributed by atoms with Gasteiger partial charge in [-0.05, 0) is 18.6 Å². The van der Waals surface area contributed by atoms with E-state index in [4.69, 9.17) is 5.73 Å². The standard InChI is InChI=1S/C22H28N6O2S.3ClH/c23-21(29)18-12-20(16-3-1-2-4-17(16)25-18)27-7-5-26(6-8-27)15-11-19(24-13-15)22(30)28-9-10-31-14-28;;;/h1-4,12,15,19,24H,5-11,13-14H2,(H2,23,29);3*1H/t15-,19-;;;/m0.../s1. The highest BCUT2D eigenvalue weighted by Crippen LogP contribution is 2.29. The number of primary amides is 1. The molecule has 0 spiro atoms. The van der Waals surface area contributed by atoms with Crippen LogP contribution in [0.25, 0.3) is 10.9 Å². The molecule has 2 atom stereocenters. The molecular weight excluding hydrogens is 519 g/mol. The van der Waals surface area contributed by atoms with Gasteiger partial charge in [-0.25, -0.2) is 4.98 Å². The maximum atomic E-state index is 12.7. The molecule has 188 valence electrons. The molecule has 3 fully saturated rings. The molecule has 1 aromatic heterocycles. The lowest BCUT2D eigenvalue weighted by atomic mass is 10.1. The smallest absolute Gasteiger partial charge is 0.267 e. The first-order chi connectivity index (χ1) is 15.1. The summed E-state index contributed by atoms with van der Waals surface area (Å²) in [6.45, 7) is 5.32. The van der Waals surface area contributed by atoms with E-state index in [0.717, 1.165) is 73.9 Å². The predicted molar refractivity (Wildman–Crippen MR) is 145 cm³/mol. The number of thioether (sulfide) groups is 1. The molecule has 2 aromatic rings. The molecule has 1 aromatic carbocycles. The van der Waals surface area contributed by atoms with Gasteiger partial charge in [0.25, 0.3) is 5.91 Å². The largest absolute Gasteiger partial charge is 0.368 e. The second kappa shape index (κ2) is 12.5. The number of nitrogens with two attached hydrogens (primary N) is 1. The van der Waals surface area contributed by atoms with E-state index in [-0.39, 0.29) is 49.2 Å². The molecule has 3 aliphatic rings. The fourth-order valence-electron chi connectivity index (χ4n) is 4.86. The van der Waals surface area contributed by atoms with Crippen molar-refractivity contribution in [1.29, 1.82) is 0 Å². The molecule has 0 aliphatic carbocycles. The fraction of sp³-hybridized carbons (Fsp3) is 0.500. The van der Waals surface area contributed by atoms with Crippen molar-refractivity contribution in [3.05, 3.63) is 36.0 Å². The molecule has 0 radical (unpaired) electrons. The third-order valence-corrected chi connectivity index (χ3v) is 7.55. The zero-order valence-corrected chi connectivity index (χ0v) is 22.0. The molecule has 2 amide bonds. The highest BCUT2D eigenvalue weighted by Gasteiger charge is 2.36. The summed E-state index contributed by atoms with van der Waals surface area (Å²) < 4.78 is 0. The molecule has 0 saturated carbocycles. The van der Waals surface area contributed by atoms with Crippen LogP contribution in [0.15, 0.2) is 30.3 Å². The quantitative estimate of drug-likeness (QED) is 0.602. The third kappa shape index (κ3) is 5.83. The SMILES string of the molecule is Cl.Cl.Cl.NC(=O)c1cc(N2CCN([C@@H]3CN[C@H](C(=O)N4CCSC4)C3)CC2)c2ccccc2n1. The van der Waals surface area contributed by atoms with E-state index in [9.17, 15) is 9.59 Å². The minimum absolute atomic E-state index is 0. The average Bonchev–Trinajstić information content (AvgIpc) is 3.50. The van der Waals surface area contributed by atoms with Gasteiger partial charge < -0.3 is 20.9 Å². The molecule has 3 N–H and O–H groups in total. The minimum Gasteiger partial charge on any atom is -0.368 e. The Kier molecular flexibility index (Phi) is 10.5. The Balaban J connectivity index is 0.00000136. The van der Waals surface area contributed by atoms with Crippen LogP contribution < -0.4 is 16.0 Å². The van der Waals surface area contributed by atoms with Crippen molar-refractivity contribution in [2.75, 3.05) is 55.8 Å². The molecule has 34 heavy (non-hydrogen) atoms. The second-order valence-corrected chi connectivity index (χ2v) is 9.50. The normalized spacial score (nSPS) is 22.6. The van der Waals surface area contributed by atoms with E-state index < -0.39 is 5.91 Å². The van der Waals surface area contributed by atoms with Crippen LogP contribution in [-0.4, -0.2) is 89.6 Å². The number of hydrogen-bond acceptors (Lipinski definition) is 7. The number of fused-ring (bicyclic) bond motifs is 1. The number of para-hydroxylation sites is 1. The second-order valence-electron chi connectivity index (χ2n) is 8.42. The lowest BCUT2D eigenvalue weighted by Crippen LogP contribution is -2.51. The minimum atomic E-state index is -0.505. The van der Waals surface area contributed by atoms with Gasteiger partial charge in [0.2, 0.25) is 5.91 Å². The number of nitrogens with zero attached hydrogens (tertiary/aromatic N) is 4. The van der Waals surface area contributed by atoms with Crippen molar-refractivity contribution < 1.29 is 9.59 Å². The first-order valence-electron chi connectivity index (χ1n) is 10.9. The molecule has 3 aliphatic heterocycles. The van der Waals surface area contributed by atoms with Gasteiger partial charge in [0, 0.05) is 62.1 Å². The van der Waals surface area contributed by atoms with E-state index in [1.165, 1.54) is 0 Å². The molecule has 8 nitrogen and oxygen atoms in total. The van der Waals surface area contributed by atoms with Crippen LogP contribution >= 0.6 is 49.0 Å². The number of pyridine rings is 1. The first-order valence-corrected chi connectivity index (χ1v) is 12.0. The lowest BCUT2D eigenvalue weighted by Gasteiger charge is -2.39. The maximum Gasteiger partial charge on any atom is 0.267 e. The predicted octanol–water partition coefficient (Wildman–Crippen LogP) is 1.98. The number of aromatic nitrogens is 1. The van der Waals surface area contributed by atoms with Crippen molar-refractivity contribution in [2.24, 2.45) is 5.73 Å². The number of benzene rings is 1. The molecule has 0 bridgehead atoms. The number of amides is 2. The van der Waals surface area contributed by atoms with Crippen LogP contribution in [0.3, 0.4) is 0 Å². The van der Waals surface area contributed by atoms with Gasteiger partial charge in [-0.1, -0.05) is 18.2 Å². The Labute approximate surface area is 222 Å². The van der Waals surface area contributed by atoms with E-state index in [1.807, 2.05) is 47.0 Å². The Hall–Kier alpha value is -1.49. The van der Waals surface area contributed by atoms with Crippen molar-refractivity contribution in [3.8, 4) is 0 Å². The summed E-state index contributed by atoms with van der Waals surface area (Å²) in [6, 6.07) is 10.0. The zero-order chi connectivity index (χ0) is 21.4. The van der Waals surface area contributed by atoms with Crippen LogP contribution in [0.4, 0.5) is 5.69 Å². The summed E-state index contributed by atoms with van der Waals surface area (Å²) in [5.41, 5.74) is 7.63. The topological polar surface area (TPSA) is 94.8 Å². The maximum absolute atomic E-state index is 12.7. The van der Waals surface area contributed by atoms with Gasteiger partial charge in [0.1, 0.15) is 5.69 Å². The number of carbonyl (C=O) groups is 2. The third-order valence-electron chi connectivity index (χ3n) is 6.59. The summed E-state index contributed by atoms with van der Waals surface area (Å²) >= 11 is 1.83. The molecule has 0 unspecified atom stereocenters. The van der Waals surface area contributed by atoms with Crippen LogP contribution in [0.2, 0.25) is 0 Å². The number of carbonyl (C=O) groups excluding carboxylic acids is 2. The lowest BCUT2D eigenvalue weighted by molar-refractivity contribution is -0.131. The number of anilines is 1. The van der Waals surface area contributed by atoms with E-state index in [2.05, 4.69) is 20.1 Å². The van der Waals surface area contributed by atoms with Crippen LogP contribution in [0, 0.1) is 0 Å². The first kappa shape index (κ1) is 28.7. The van der Waals surface area contributed by atoms with Gasteiger partial charge in [0.05, 0.1) is 17.4 Å². The van der Waals surface area contributed by atoms with Gasteiger partial charge in [-0.3, -0.25) is 14.5 Å². The number of piperazine rings is 1. The summed E-state index contributed by atoms with van der Waals surface area (Å²) in [6.07, 6.45) is 0.879. The van der Waals surface area contributed by atoms with Crippen molar-refractivity contribution in [2.45, 2.75) is 18.5 Å². The fourth-order valence-corrected chi connectivity index (χ4v) is 5.82. The van der Waals surface area contributed by atoms with Crippen molar-refractivity contribution in [1.82, 2.24) is 20.1 Å². The number of hydrogen-bond donors (Lipinski definition) is 2. The highest BCUT2D eigenvalue weighted by atomic mass is 35.5. The molecule has 3 saturated heterocycles. The number of halogens is 3. The molecule has 12 heteroatoms. The molecular formula is C22H31Cl3N6O2S. The monoisotopic (exact) mass is 548 g/mol. The summed E-state index contributed by atoms with van der Waals surface area (Å²) in [5, 5.41) is 4.49. The average molecular weight is 550 g/mol. The van der Waals surface area contributed by atoms with Crippen LogP contribution in [-0.2, 0) is 4.79 Å². The summed E-state index contributed by atoms with van der Waals surface area (Å²) in [5.74, 6) is 1.63. The number of nitrogens with one attached hydrogen (secondary N) is 1. The van der Waals surface area contributed by atoms with Crippen molar-refractivity contribution >= 4 is 77.4 Å². The van der Waals surface area contributed by atoms with Gasteiger partial charge >= 0.3 is 0 Å². The van der Waals surface area contributed by atoms with Crippen molar-refractivity contribution in [3.63, 3.8) is 0 Å². The Morgan fingerprint density at radius 2 is 1.79 bits per heavy atom. The molecule has 5 rings (SSSR count). The van der Waals surface area contributed by atoms with Crippen LogP contribution in [0.5, 0.6) is 0 Å². The Bertz CT molecular complexity index is 1000. The van der Waals surface area contributed by atoms with E-state index in [0.29, 0.717) is 11.7 Å². The summed E-state index contributed by atoms with van der Waals surface area (Å²) in [7, 11) is 0. The van der Waals surface area contributed by atoms with Gasteiger partial charge in [-0.2, -0.15) is 0 Å². The Morgan fingerprint density at radius 1 is 1.06 bits per heavy atom.